The molecule has 0 aliphatic carbocycles. The number of hydrogen-bond donors (Lipinski definition) is 2. The maximum absolute atomic E-state index is 12.6. The lowest BCUT2D eigenvalue weighted by molar-refractivity contribution is -0.166. The number of nitrogens with one attached hydrogen (secondary N) is 1. The molecule has 0 saturated heterocycles. The Hall–Kier alpha value is -0.750. The normalized spacial score (nSPS) is 12.1. The van der Waals surface area contributed by atoms with Gasteiger partial charge < -0.3 is 10.4 Å². The van der Waals surface area contributed by atoms with Crippen molar-refractivity contribution in [2.75, 3.05) is 33.7 Å². The van der Waals surface area contributed by atoms with Crippen molar-refractivity contribution < 1.29 is 18.7 Å². The molecule has 84 valence electrons. The molecular formula is C8H16F2N2O2. The van der Waals surface area contributed by atoms with Gasteiger partial charge in [0.25, 0.3) is 0 Å². The fourth-order valence-electron chi connectivity index (χ4n) is 1.01. The van der Waals surface area contributed by atoms with Gasteiger partial charge in [0.05, 0.1) is 6.54 Å². The molecule has 0 aromatic carbocycles. The van der Waals surface area contributed by atoms with Crippen LogP contribution in [-0.4, -0.2) is 55.6 Å². The summed E-state index contributed by atoms with van der Waals surface area (Å²) >= 11 is 0. The minimum Gasteiger partial charge on any atom is -0.477 e. The monoisotopic (exact) mass is 210 g/mol. The molecule has 0 aliphatic rings. The van der Waals surface area contributed by atoms with E-state index >= 15 is 0 Å². The van der Waals surface area contributed by atoms with Gasteiger partial charge in [0.1, 0.15) is 0 Å². The van der Waals surface area contributed by atoms with Crippen LogP contribution in [0, 0.1) is 0 Å². The van der Waals surface area contributed by atoms with E-state index in [9.17, 15) is 13.6 Å². The smallest absolute Gasteiger partial charge is 0.375 e. The number of hydrogen-bond acceptors (Lipinski definition) is 3. The van der Waals surface area contributed by atoms with E-state index in [0.29, 0.717) is 13.0 Å². The highest BCUT2D eigenvalue weighted by atomic mass is 19.3. The van der Waals surface area contributed by atoms with E-state index in [1.165, 1.54) is 11.9 Å². The van der Waals surface area contributed by atoms with Crippen LogP contribution in [0.5, 0.6) is 0 Å². The Kier molecular flexibility index (Phi) is 5.56. The van der Waals surface area contributed by atoms with Crippen molar-refractivity contribution in [3.05, 3.63) is 0 Å². The van der Waals surface area contributed by atoms with Crippen molar-refractivity contribution in [1.29, 1.82) is 0 Å². The fourth-order valence-corrected chi connectivity index (χ4v) is 1.01. The van der Waals surface area contributed by atoms with Gasteiger partial charge in [-0.15, -0.1) is 0 Å². The summed E-state index contributed by atoms with van der Waals surface area (Å²) in [4.78, 5) is 11.4. The number of rotatable bonds is 7. The molecule has 0 aromatic rings. The van der Waals surface area contributed by atoms with Crippen LogP contribution in [-0.2, 0) is 4.79 Å². The lowest BCUT2D eigenvalue weighted by Gasteiger charge is -2.20. The predicted octanol–water partition coefficient (Wildman–Crippen LogP) is 0.248. The molecule has 0 radical (unpaired) electrons. The lowest BCUT2D eigenvalue weighted by Crippen LogP contribution is -2.41. The quantitative estimate of drug-likeness (QED) is 0.591. The number of nitrogens with zero attached hydrogens (tertiary/aromatic N) is 1. The number of carbonyl (C=O) groups is 1. The summed E-state index contributed by atoms with van der Waals surface area (Å²) < 4.78 is 25.3. The van der Waals surface area contributed by atoms with Crippen LogP contribution in [0.25, 0.3) is 0 Å². The Morgan fingerprint density at radius 1 is 1.57 bits per heavy atom. The molecule has 0 atom stereocenters. The van der Waals surface area contributed by atoms with Gasteiger partial charge in [0.15, 0.2) is 0 Å². The van der Waals surface area contributed by atoms with Gasteiger partial charge in [-0.05, 0) is 33.6 Å². The number of carboxylic acid groups (broad SMARTS) is 1. The molecule has 0 unspecified atom stereocenters. The summed E-state index contributed by atoms with van der Waals surface area (Å²) in [5.41, 5.74) is 0. The summed E-state index contributed by atoms with van der Waals surface area (Å²) in [5, 5.41) is 11.1. The van der Waals surface area contributed by atoms with Crippen molar-refractivity contribution in [1.82, 2.24) is 10.2 Å². The van der Waals surface area contributed by atoms with Gasteiger partial charge in [0, 0.05) is 0 Å². The zero-order valence-corrected chi connectivity index (χ0v) is 8.39. The SMILES string of the molecule is CNCCCN(C)CC(F)(F)C(=O)O. The van der Waals surface area contributed by atoms with E-state index < -0.39 is 18.4 Å². The van der Waals surface area contributed by atoms with E-state index in [2.05, 4.69) is 5.32 Å². The second kappa shape index (κ2) is 5.87. The van der Waals surface area contributed by atoms with Gasteiger partial charge >= 0.3 is 11.9 Å². The summed E-state index contributed by atoms with van der Waals surface area (Å²) in [6.45, 7) is 0.429. The van der Waals surface area contributed by atoms with Crippen LogP contribution < -0.4 is 5.32 Å². The highest BCUT2D eigenvalue weighted by molar-refractivity contribution is 5.75. The lowest BCUT2D eigenvalue weighted by atomic mass is 10.3. The van der Waals surface area contributed by atoms with Crippen LogP contribution in [0.2, 0.25) is 0 Å². The maximum atomic E-state index is 12.6. The first-order chi connectivity index (χ1) is 6.40. The molecule has 0 fully saturated rings. The van der Waals surface area contributed by atoms with Crippen LogP contribution >= 0.6 is 0 Å². The largest absolute Gasteiger partial charge is 0.477 e. The first kappa shape index (κ1) is 13.2. The summed E-state index contributed by atoms with van der Waals surface area (Å²) in [6.07, 6.45) is 0.711. The van der Waals surface area contributed by atoms with Gasteiger partial charge in [-0.25, -0.2) is 4.79 Å². The Balaban J connectivity index is 3.81. The molecule has 0 heterocycles. The minimum atomic E-state index is -3.66. The number of alkyl halides is 2. The van der Waals surface area contributed by atoms with E-state index in [1.807, 2.05) is 0 Å². The van der Waals surface area contributed by atoms with Gasteiger partial charge in [-0.1, -0.05) is 0 Å². The number of aliphatic carboxylic acids is 1. The van der Waals surface area contributed by atoms with E-state index in [1.54, 1.807) is 7.05 Å². The fraction of sp³-hybridized carbons (Fsp3) is 0.875. The molecule has 0 aliphatic heterocycles. The maximum Gasteiger partial charge on any atom is 0.375 e. The molecule has 0 spiro atoms. The van der Waals surface area contributed by atoms with Crippen LogP contribution in [0.4, 0.5) is 8.78 Å². The van der Waals surface area contributed by atoms with E-state index in [-0.39, 0.29) is 0 Å². The summed E-state index contributed by atoms with van der Waals surface area (Å²) in [6, 6.07) is 0. The third-order valence-electron chi connectivity index (χ3n) is 1.75. The molecule has 0 bridgehead atoms. The molecular weight excluding hydrogens is 194 g/mol. The van der Waals surface area contributed by atoms with Crippen molar-refractivity contribution in [3.8, 4) is 0 Å². The molecule has 0 amide bonds. The third kappa shape index (κ3) is 5.08. The molecule has 2 N–H and O–H groups in total. The summed E-state index contributed by atoms with van der Waals surface area (Å²) in [5.74, 6) is -5.73. The highest BCUT2D eigenvalue weighted by Crippen LogP contribution is 2.14. The van der Waals surface area contributed by atoms with E-state index in [0.717, 1.165) is 6.54 Å². The summed E-state index contributed by atoms with van der Waals surface area (Å²) in [7, 11) is 3.25. The Labute approximate surface area is 81.9 Å². The first-order valence-electron chi connectivity index (χ1n) is 4.34. The molecule has 14 heavy (non-hydrogen) atoms. The molecule has 4 nitrogen and oxygen atoms in total. The highest BCUT2D eigenvalue weighted by Gasteiger charge is 2.39. The number of carboxylic acids is 1. The molecule has 0 saturated carbocycles. The van der Waals surface area contributed by atoms with Gasteiger partial charge in [-0.3, -0.25) is 4.90 Å². The second-order valence-electron chi connectivity index (χ2n) is 3.20. The van der Waals surface area contributed by atoms with Gasteiger partial charge in [0.2, 0.25) is 0 Å². The first-order valence-corrected chi connectivity index (χ1v) is 4.34. The van der Waals surface area contributed by atoms with Gasteiger partial charge in [-0.2, -0.15) is 8.78 Å². The van der Waals surface area contributed by atoms with Crippen LogP contribution in [0.15, 0.2) is 0 Å². The van der Waals surface area contributed by atoms with Crippen molar-refractivity contribution in [2.45, 2.75) is 12.3 Å². The van der Waals surface area contributed by atoms with Crippen molar-refractivity contribution >= 4 is 5.97 Å². The zero-order valence-electron chi connectivity index (χ0n) is 8.39. The second-order valence-corrected chi connectivity index (χ2v) is 3.20. The average molecular weight is 210 g/mol. The van der Waals surface area contributed by atoms with Crippen molar-refractivity contribution in [3.63, 3.8) is 0 Å². The Morgan fingerprint density at radius 3 is 2.57 bits per heavy atom. The predicted molar refractivity (Wildman–Crippen MR) is 48.6 cm³/mol. The molecule has 0 rings (SSSR count). The Morgan fingerprint density at radius 2 is 2.14 bits per heavy atom. The standard InChI is InChI=1S/C8H16F2N2O2/c1-11-4-3-5-12(2)6-8(9,10)7(13)14/h11H,3-6H2,1-2H3,(H,13,14). The molecule has 0 aromatic heterocycles. The molecule has 6 heteroatoms. The topological polar surface area (TPSA) is 52.6 Å². The van der Waals surface area contributed by atoms with Crippen LogP contribution in [0.1, 0.15) is 6.42 Å². The van der Waals surface area contributed by atoms with Crippen molar-refractivity contribution in [2.24, 2.45) is 0 Å². The average Bonchev–Trinajstić information content (AvgIpc) is 2.03. The zero-order chi connectivity index (χ0) is 11.2. The minimum absolute atomic E-state index is 0.448. The number of halogens is 2. The van der Waals surface area contributed by atoms with Crippen LogP contribution in [0.3, 0.4) is 0 Å². The third-order valence-corrected chi connectivity index (χ3v) is 1.75. The van der Waals surface area contributed by atoms with E-state index in [4.69, 9.17) is 5.11 Å². The Bertz CT molecular complexity index is 188.